The van der Waals surface area contributed by atoms with Crippen molar-refractivity contribution in [2.24, 2.45) is 0 Å². The summed E-state index contributed by atoms with van der Waals surface area (Å²) in [6, 6.07) is -0.242. The molecule has 3 rings (SSSR count). The van der Waals surface area contributed by atoms with Crippen molar-refractivity contribution in [1.82, 2.24) is 20.6 Å². The summed E-state index contributed by atoms with van der Waals surface area (Å²) in [4.78, 5) is 33.6. The number of aromatic nitrogens is 2. The second-order valence-electron chi connectivity index (χ2n) is 8.72. The summed E-state index contributed by atoms with van der Waals surface area (Å²) in [5, 5.41) is 26.6. The summed E-state index contributed by atoms with van der Waals surface area (Å²) in [7, 11) is 0. The Labute approximate surface area is 223 Å². The van der Waals surface area contributed by atoms with Crippen molar-refractivity contribution in [2.45, 2.75) is 63.1 Å². The van der Waals surface area contributed by atoms with Crippen LogP contribution in [0.25, 0.3) is 11.5 Å². The van der Waals surface area contributed by atoms with Gasteiger partial charge in [0.1, 0.15) is 28.8 Å². The molecule has 2 amide bonds. The highest BCUT2D eigenvalue weighted by molar-refractivity contribution is 7.09. The number of nitrogens with zero attached hydrogens (tertiary/aromatic N) is 2. The number of thiazole rings is 1. The topological polar surface area (TPSA) is 138 Å². The van der Waals surface area contributed by atoms with E-state index in [1.807, 2.05) is 0 Å². The predicted octanol–water partition coefficient (Wildman–Crippen LogP) is 3.90. The van der Waals surface area contributed by atoms with E-state index < -0.39 is 72.5 Å². The average molecular weight is 577 g/mol. The molecule has 0 spiro atoms. The molecule has 0 aliphatic carbocycles. The Kier molecular flexibility index (Phi) is 10.1. The maximum absolute atomic E-state index is 13.5. The SMILES string of the molecule is CC(O)CC[C@H](NC(=O)c1cnc(-c2cc(F)cc(F)c2)o1)C(=O)N[C@@H](CCC(F)(F)F)C(O)c1nccs1. The number of hydrogen-bond donors (Lipinski definition) is 4. The van der Waals surface area contributed by atoms with Gasteiger partial charge in [-0.3, -0.25) is 9.59 Å². The second-order valence-corrected chi connectivity index (χ2v) is 9.65. The van der Waals surface area contributed by atoms with E-state index in [1.54, 1.807) is 0 Å². The van der Waals surface area contributed by atoms with Crippen LogP contribution in [-0.4, -0.2) is 56.4 Å². The summed E-state index contributed by atoms with van der Waals surface area (Å²) in [5.74, 6) is -4.36. The highest BCUT2D eigenvalue weighted by Gasteiger charge is 2.34. The molecule has 0 saturated carbocycles. The van der Waals surface area contributed by atoms with Crippen molar-refractivity contribution in [3.8, 4) is 11.5 Å². The fourth-order valence-electron chi connectivity index (χ4n) is 3.56. The molecule has 212 valence electrons. The van der Waals surface area contributed by atoms with E-state index in [0.717, 1.165) is 29.7 Å². The van der Waals surface area contributed by atoms with E-state index in [9.17, 15) is 41.8 Å². The Morgan fingerprint density at radius 2 is 1.74 bits per heavy atom. The van der Waals surface area contributed by atoms with Crippen LogP contribution in [0.5, 0.6) is 0 Å². The van der Waals surface area contributed by atoms with Crippen molar-refractivity contribution >= 4 is 23.2 Å². The van der Waals surface area contributed by atoms with E-state index in [-0.39, 0.29) is 29.3 Å². The van der Waals surface area contributed by atoms with Crippen LogP contribution in [0.3, 0.4) is 0 Å². The van der Waals surface area contributed by atoms with Gasteiger partial charge in [-0.2, -0.15) is 13.2 Å². The minimum absolute atomic E-state index is 0.0326. The zero-order chi connectivity index (χ0) is 28.7. The van der Waals surface area contributed by atoms with Crippen LogP contribution in [0.1, 0.15) is 54.3 Å². The van der Waals surface area contributed by atoms with Gasteiger partial charge >= 0.3 is 6.18 Å². The average Bonchev–Trinajstić information content (AvgIpc) is 3.55. The number of rotatable bonds is 12. The first-order valence-corrected chi connectivity index (χ1v) is 12.6. The van der Waals surface area contributed by atoms with Crippen LogP contribution >= 0.6 is 11.3 Å². The van der Waals surface area contributed by atoms with Crippen LogP contribution in [0.4, 0.5) is 22.0 Å². The highest BCUT2D eigenvalue weighted by atomic mass is 32.1. The third kappa shape index (κ3) is 9.07. The van der Waals surface area contributed by atoms with Gasteiger partial charge in [-0.25, -0.2) is 18.7 Å². The number of oxazole rings is 1. The fourth-order valence-corrected chi connectivity index (χ4v) is 4.25. The highest BCUT2D eigenvalue weighted by Crippen LogP contribution is 2.28. The molecule has 2 heterocycles. The van der Waals surface area contributed by atoms with Gasteiger partial charge in [0, 0.05) is 29.6 Å². The normalized spacial score (nSPS) is 14.9. The number of hydrogen-bond acceptors (Lipinski definition) is 8. The molecule has 0 aliphatic rings. The maximum atomic E-state index is 13.5. The van der Waals surface area contributed by atoms with Gasteiger partial charge in [0.2, 0.25) is 17.6 Å². The molecule has 9 nitrogen and oxygen atoms in total. The third-order valence-corrected chi connectivity index (χ3v) is 6.33. The smallest absolute Gasteiger partial charge is 0.389 e. The van der Waals surface area contributed by atoms with Gasteiger partial charge in [0.25, 0.3) is 5.91 Å². The van der Waals surface area contributed by atoms with Crippen LogP contribution in [-0.2, 0) is 4.79 Å². The second kappa shape index (κ2) is 13.1. The van der Waals surface area contributed by atoms with Crippen molar-refractivity contribution in [2.75, 3.05) is 0 Å². The minimum atomic E-state index is -4.56. The summed E-state index contributed by atoms with van der Waals surface area (Å²) in [5.41, 5.74) is -0.0846. The first-order valence-electron chi connectivity index (χ1n) is 11.7. The lowest BCUT2D eigenvalue weighted by molar-refractivity contribution is -0.140. The fraction of sp³-hybridized carbons (Fsp3) is 0.417. The van der Waals surface area contributed by atoms with E-state index in [4.69, 9.17) is 4.42 Å². The lowest BCUT2D eigenvalue weighted by Crippen LogP contribution is -2.51. The molecule has 15 heteroatoms. The number of amides is 2. The summed E-state index contributed by atoms with van der Waals surface area (Å²) >= 11 is 0.990. The number of nitrogens with one attached hydrogen (secondary N) is 2. The van der Waals surface area contributed by atoms with Gasteiger partial charge in [0.15, 0.2) is 0 Å². The zero-order valence-corrected chi connectivity index (χ0v) is 21.2. The first kappa shape index (κ1) is 30.1. The Morgan fingerprint density at radius 3 is 2.33 bits per heavy atom. The Hall–Kier alpha value is -3.43. The summed E-state index contributed by atoms with van der Waals surface area (Å²) in [6.07, 6.45) is -6.71. The van der Waals surface area contributed by atoms with E-state index in [1.165, 1.54) is 18.5 Å². The molecule has 4 N–H and O–H groups in total. The summed E-state index contributed by atoms with van der Waals surface area (Å²) in [6.45, 7) is 1.44. The number of carbonyl (C=O) groups is 2. The molecule has 1 aromatic carbocycles. The van der Waals surface area contributed by atoms with Gasteiger partial charge in [-0.05, 0) is 38.3 Å². The molecule has 2 aromatic heterocycles. The molecule has 39 heavy (non-hydrogen) atoms. The molecule has 0 bridgehead atoms. The van der Waals surface area contributed by atoms with Gasteiger partial charge in [-0.1, -0.05) is 0 Å². The van der Waals surface area contributed by atoms with Crippen molar-refractivity contribution in [1.29, 1.82) is 0 Å². The maximum Gasteiger partial charge on any atom is 0.389 e. The molecule has 4 atom stereocenters. The number of alkyl halides is 3. The number of aliphatic hydroxyl groups excluding tert-OH is 2. The minimum Gasteiger partial charge on any atom is -0.431 e. The molecular formula is C24H25F5N4O5S. The van der Waals surface area contributed by atoms with Gasteiger partial charge < -0.3 is 25.3 Å². The van der Waals surface area contributed by atoms with Crippen LogP contribution in [0.2, 0.25) is 0 Å². The predicted molar refractivity (Wildman–Crippen MR) is 128 cm³/mol. The molecule has 0 fully saturated rings. The molecule has 0 aliphatic heterocycles. The monoisotopic (exact) mass is 576 g/mol. The standard InChI is InChI=1S/C24H25F5N4O5S/c1-12(34)2-3-17(20(36)32-16(4-5-24(27,28)29)19(35)23-30-6-7-39-23)33-21(37)18-11-31-22(38-18)13-8-14(25)10-15(26)9-13/h6-12,16-17,19,34-35H,2-5H2,1H3,(H,32,36)(H,33,37)/t12?,16-,17-,19?/m0/s1. The van der Waals surface area contributed by atoms with Crippen LogP contribution < -0.4 is 10.6 Å². The molecular weight excluding hydrogens is 551 g/mol. The van der Waals surface area contributed by atoms with Crippen LogP contribution in [0, 0.1) is 11.6 Å². The van der Waals surface area contributed by atoms with Gasteiger partial charge in [0.05, 0.1) is 18.3 Å². The van der Waals surface area contributed by atoms with Gasteiger partial charge in [-0.15, -0.1) is 11.3 Å². The van der Waals surface area contributed by atoms with Crippen LogP contribution in [0.15, 0.2) is 40.4 Å². The number of aliphatic hydroxyl groups is 2. The first-order chi connectivity index (χ1) is 18.3. The van der Waals surface area contributed by atoms with E-state index in [0.29, 0.717) is 6.07 Å². The number of halogens is 5. The van der Waals surface area contributed by atoms with E-state index in [2.05, 4.69) is 20.6 Å². The quantitative estimate of drug-likeness (QED) is 0.240. The number of benzene rings is 1. The lowest BCUT2D eigenvalue weighted by Gasteiger charge is -2.26. The largest absolute Gasteiger partial charge is 0.431 e. The number of carbonyl (C=O) groups excluding carboxylic acids is 2. The van der Waals surface area contributed by atoms with Crippen molar-refractivity contribution in [3.05, 3.63) is 58.4 Å². The zero-order valence-electron chi connectivity index (χ0n) is 20.4. The Morgan fingerprint density at radius 1 is 1.05 bits per heavy atom. The summed E-state index contributed by atoms with van der Waals surface area (Å²) < 4.78 is 71.0. The molecule has 2 unspecified atom stereocenters. The van der Waals surface area contributed by atoms with Crippen molar-refractivity contribution < 1.29 is 46.2 Å². The molecule has 0 saturated heterocycles. The molecule has 0 radical (unpaired) electrons. The Bertz CT molecular complexity index is 1230. The molecule has 3 aromatic rings. The lowest BCUT2D eigenvalue weighted by atomic mass is 10.0. The van der Waals surface area contributed by atoms with E-state index >= 15 is 0 Å². The van der Waals surface area contributed by atoms with Crippen molar-refractivity contribution in [3.63, 3.8) is 0 Å². The third-order valence-electron chi connectivity index (χ3n) is 5.49. The Balaban J connectivity index is 1.77.